The van der Waals surface area contributed by atoms with Crippen LogP contribution in [0.15, 0.2) is 24.3 Å². The van der Waals surface area contributed by atoms with E-state index in [9.17, 15) is 9.18 Å². The van der Waals surface area contributed by atoms with Gasteiger partial charge in [0.2, 0.25) is 5.91 Å². The zero-order chi connectivity index (χ0) is 12.0. The summed E-state index contributed by atoms with van der Waals surface area (Å²) >= 11 is 0. The molecule has 5 heteroatoms. The molecule has 1 atom stereocenters. The second-order valence-electron chi connectivity index (χ2n) is 3.35. The predicted octanol–water partition coefficient (Wildman–Crippen LogP) is 1.80. The predicted molar refractivity (Wildman–Crippen MR) is 55.3 cm³/mol. The second kappa shape index (κ2) is 6.19. The maximum Gasteiger partial charge on any atom is 0.243 e. The van der Waals surface area contributed by atoms with Crippen LogP contribution in [0, 0.1) is 5.82 Å². The van der Waals surface area contributed by atoms with Crippen molar-refractivity contribution in [3.05, 3.63) is 35.6 Å². The van der Waals surface area contributed by atoms with Gasteiger partial charge in [0.25, 0.3) is 0 Å². The Morgan fingerprint density at radius 1 is 1.50 bits per heavy atom. The summed E-state index contributed by atoms with van der Waals surface area (Å²) in [4.78, 5) is 10.8. The van der Waals surface area contributed by atoms with Gasteiger partial charge in [-0.15, -0.1) is 0 Å². The molecule has 0 aliphatic rings. The second-order valence-corrected chi connectivity index (χ2v) is 3.35. The lowest BCUT2D eigenvalue weighted by Crippen LogP contribution is -2.19. The van der Waals surface area contributed by atoms with Gasteiger partial charge in [0.1, 0.15) is 5.82 Å². The van der Waals surface area contributed by atoms with E-state index in [-0.39, 0.29) is 18.3 Å². The molecule has 16 heavy (non-hydrogen) atoms. The summed E-state index contributed by atoms with van der Waals surface area (Å²) in [5.74, 6) is -0.782. The van der Waals surface area contributed by atoms with Crippen molar-refractivity contribution < 1.29 is 19.1 Å². The average Bonchev–Trinajstić information content (AvgIpc) is 2.31. The van der Waals surface area contributed by atoms with Crippen LogP contribution in [0.3, 0.4) is 0 Å². The molecule has 1 rings (SSSR count). The molecule has 0 radical (unpaired) electrons. The van der Waals surface area contributed by atoms with Crippen molar-refractivity contribution in [3.8, 4) is 0 Å². The maximum absolute atomic E-state index is 12.7. The van der Waals surface area contributed by atoms with E-state index < -0.39 is 5.91 Å². The van der Waals surface area contributed by atoms with Gasteiger partial charge in [0.15, 0.2) is 0 Å². The van der Waals surface area contributed by atoms with Crippen LogP contribution in [0.25, 0.3) is 0 Å². The summed E-state index contributed by atoms with van der Waals surface area (Å²) in [6, 6.07) is 5.90. The lowest BCUT2D eigenvalue weighted by atomic mass is 10.0. The van der Waals surface area contributed by atoms with Crippen LogP contribution in [0.5, 0.6) is 0 Å². The number of rotatable bonds is 5. The minimum Gasteiger partial charge on any atom is -0.377 e. The van der Waals surface area contributed by atoms with Crippen LogP contribution in [0.2, 0.25) is 0 Å². The van der Waals surface area contributed by atoms with Gasteiger partial charge >= 0.3 is 0 Å². The molecule has 1 amide bonds. The van der Waals surface area contributed by atoms with E-state index >= 15 is 0 Å². The number of methoxy groups -OCH3 is 1. The molecule has 1 aromatic rings. The number of hydrogen-bond donors (Lipinski definition) is 2. The smallest absolute Gasteiger partial charge is 0.243 e. The fourth-order valence-corrected chi connectivity index (χ4v) is 1.42. The number of amides is 1. The largest absolute Gasteiger partial charge is 0.377 e. The number of hydrogen-bond acceptors (Lipinski definition) is 3. The molecule has 0 unspecified atom stereocenters. The van der Waals surface area contributed by atoms with Gasteiger partial charge in [-0.2, -0.15) is 0 Å². The molecule has 0 spiro atoms. The molecule has 4 nitrogen and oxygen atoms in total. The maximum atomic E-state index is 12.7. The highest BCUT2D eigenvalue weighted by atomic mass is 19.1. The van der Waals surface area contributed by atoms with E-state index in [4.69, 9.17) is 9.94 Å². The van der Waals surface area contributed by atoms with Crippen molar-refractivity contribution in [2.75, 3.05) is 7.11 Å². The Morgan fingerprint density at radius 2 is 2.12 bits per heavy atom. The number of hydroxylamine groups is 1. The first-order valence-corrected chi connectivity index (χ1v) is 4.88. The number of ether oxygens (including phenoxy) is 1. The van der Waals surface area contributed by atoms with E-state index in [1.165, 1.54) is 19.2 Å². The lowest BCUT2D eigenvalue weighted by Gasteiger charge is -2.14. The molecule has 0 aliphatic carbocycles. The zero-order valence-corrected chi connectivity index (χ0v) is 8.94. The zero-order valence-electron chi connectivity index (χ0n) is 8.94. The SMILES string of the molecule is CO[C@@H](CCC(=O)NO)c1ccc(F)cc1. The first-order valence-electron chi connectivity index (χ1n) is 4.88. The van der Waals surface area contributed by atoms with Crippen LogP contribution in [-0.2, 0) is 9.53 Å². The molecule has 0 bridgehead atoms. The van der Waals surface area contributed by atoms with E-state index in [1.807, 2.05) is 0 Å². The highest BCUT2D eigenvalue weighted by Crippen LogP contribution is 2.21. The molecule has 2 N–H and O–H groups in total. The van der Waals surface area contributed by atoms with Gasteiger partial charge in [-0.05, 0) is 24.1 Å². The van der Waals surface area contributed by atoms with Gasteiger partial charge < -0.3 is 4.74 Å². The number of halogens is 1. The average molecular weight is 227 g/mol. The summed E-state index contributed by atoms with van der Waals surface area (Å²) in [6.45, 7) is 0. The minimum atomic E-state index is -0.468. The quantitative estimate of drug-likeness (QED) is 0.595. The third-order valence-corrected chi connectivity index (χ3v) is 2.28. The Hall–Kier alpha value is -1.46. The van der Waals surface area contributed by atoms with Crippen molar-refractivity contribution in [1.29, 1.82) is 0 Å². The minimum absolute atomic E-state index is 0.145. The van der Waals surface area contributed by atoms with Crippen molar-refractivity contribution >= 4 is 5.91 Å². The van der Waals surface area contributed by atoms with E-state index in [1.54, 1.807) is 17.6 Å². The van der Waals surface area contributed by atoms with Crippen LogP contribution >= 0.6 is 0 Å². The van der Waals surface area contributed by atoms with Gasteiger partial charge in [0, 0.05) is 13.5 Å². The number of carbonyl (C=O) groups excluding carboxylic acids is 1. The highest BCUT2D eigenvalue weighted by Gasteiger charge is 2.12. The number of nitrogens with one attached hydrogen (secondary N) is 1. The van der Waals surface area contributed by atoms with Gasteiger partial charge in [-0.1, -0.05) is 12.1 Å². The Bertz CT molecular complexity index is 340. The molecule has 1 aromatic carbocycles. The Morgan fingerprint density at radius 3 is 2.62 bits per heavy atom. The van der Waals surface area contributed by atoms with Gasteiger partial charge in [-0.25, -0.2) is 9.87 Å². The normalized spacial score (nSPS) is 12.2. The van der Waals surface area contributed by atoms with Crippen molar-refractivity contribution in [1.82, 2.24) is 5.48 Å². The standard InChI is InChI=1S/C11H14FNO3/c1-16-10(6-7-11(14)13-15)8-2-4-9(12)5-3-8/h2-5,10,15H,6-7H2,1H3,(H,13,14)/t10-/m0/s1. The number of benzene rings is 1. The molecular formula is C11H14FNO3. The van der Waals surface area contributed by atoms with Gasteiger partial charge in [0.05, 0.1) is 6.10 Å². The monoisotopic (exact) mass is 227 g/mol. The third kappa shape index (κ3) is 3.60. The summed E-state index contributed by atoms with van der Waals surface area (Å²) in [6.07, 6.45) is 0.291. The Balaban J connectivity index is 2.60. The number of carbonyl (C=O) groups is 1. The van der Waals surface area contributed by atoms with Gasteiger partial charge in [-0.3, -0.25) is 10.0 Å². The fraction of sp³-hybridized carbons (Fsp3) is 0.364. The van der Waals surface area contributed by atoms with Crippen LogP contribution in [0.1, 0.15) is 24.5 Å². The summed E-state index contributed by atoms with van der Waals surface area (Å²) in [7, 11) is 1.52. The van der Waals surface area contributed by atoms with Crippen LogP contribution in [0.4, 0.5) is 4.39 Å². The lowest BCUT2D eigenvalue weighted by molar-refractivity contribution is -0.129. The van der Waals surface area contributed by atoms with E-state index in [2.05, 4.69) is 0 Å². The van der Waals surface area contributed by atoms with Crippen LogP contribution < -0.4 is 5.48 Å². The Labute approximate surface area is 93.0 Å². The Kier molecular flexibility index (Phi) is 4.88. The molecule has 0 aliphatic heterocycles. The van der Waals surface area contributed by atoms with Crippen LogP contribution in [-0.4, -0.2) is 18.2 Å². The molecule has 0 aromatic heterocycles. The molecule has 88 valence electrons. The molecule has 0 saturated carbocycles. The molecule has 0 fully saturated rings. The summed E-state index contributed by atoms with van der Waals surface area (Å²) in [5.41, 5.74) is 2.35. The molecular weight excluding hydrogens is 213 g/mol. The van der Waals surface area contributed by atoms with Crippen molar-refractivity contribution in [3.63, 3.8) is 0 Å². The molecule has 0 saturated heterocycles. The third-order valence-electron chi connectivity index (χ3n) is 2.28. The first-order chi connectivity index (χ1) is 7.67. The van der Waals surface area contributed by atoms with E-state index in [0.717, 1.165) is 5.56 Å². The molecule has 0 heterocycles. The van der Waals surface area contributed by atoms with E-state index in [0.29, 0.717) is 6.42 Å². The first kappa shape index (κ1) is 12.6. The van der Waals surface area contributed by atoms with Crippen molar-refractivity contribution in [2.45, 2.75) is 18.9 Å². The topological polar surface area (TPSA) is 58.6 Å². The summed E-state index contributed by atoms with van der Waals surface area (Å²) in [5, 5.41) is 8.34. The fourth-order valence-electron chi connectivity index (χ4n) is 1.42. The highest BCUT2D eigenvalue weighted by molar-refractivity contribution is 5.74. The summed E-state index contributed by atoms with van der Waals surface area (Å²) < 4.78 is 17.9. The van der Waals surface area contributed by atoms with Crippen molar-refractivity contribution in [2.24, 2.45) is 0 Å².